The zero-order valence-corrected chi connectivity index (χ0v) is 11.9. The molecule has 2 rings (SSSR count). The zero-order chi connectivity index (χ0) is 14.4. The van der Waals surface area contributed by atoms with Crippen molar-refractivity contribution in [2.75, 3.05) is 20.3 Å². The van der Waals surface area contributed by atoms with Crippen LogP contribution in [0.15, 0.2) is 24.4 Å². The van der Waals surface area contributed by atoms with E-state index >= 15 is 0 Å². The molecule has 108 valence electrons. The van der Waals surface area contributed by atoms with E-state index in [4.69, 9.17) is 16.3 Å². The highest BCUT2D eigenvalue weighted by Crippen LogP contribution is 2.20. The van der Waals surface area contributed by atoms with Gasteiger partial charge in [0.05, 0.1) is 30.1 Å². The number of benzene rings is 1. The maximum atomic E-state index is 13.3. The number of halogens is 2. The molecule has 0 aliphatic heterocycles. The molecule has 20 heavy (non-hydrogen) atoms. The molecule has 2 aromatic rings. The minimum absolute atomic E-state index is 0.128. The van der Waals surface area contributed by atoms with Gasteiger partial charge in [-0.1, -0.05) is 28.9 Å². The van der Waals surface area contributed by atoms with E-state index in [-0.39, 0.29) is 5.02 Å². The van der Waals surface area contributed by atoms with Crippen LogP contribution in [0.3, 0.4) is 0 Å². The van der Waals surface area contributed by atoms with Crippen molar-refractivity contribution in [2.45, 2.75) is 13.1 Å². The largest absolute Gasteiger partial charge is 0.383 e. The number of methoxy groups -OCH3 is 1. The first-order valence-corrected chi connectivity index (χ1v) is 6.60. The van der Waals surface area contributed by atoms with Gasteiger partial charge in [0, 0.05) is 20.2 Å². The molecule has 0 unspecified atom stereocenters. The van der Waals surface area contributed by atoms with Crippen LogP contribution in [0.25, 0.3) is 0 Å². The molecule has 1 aromatic carbocycles. The normalized spacial score (nSPS) is 10.9. The maximum absolute atomic E-state index is 13.3. The van der Waals surface area contributed by atoms with Crippen molar-refractivity contribution < 1.29 is 9.13 Å². The number of rotatable bonds is 7. The summed E-state index contributed by atoms with van der Waals surface area (Å²) in [6, 6.07) is 4.72. The number of ether oxygens (including phenoxy) is 1. The van der Waals surface area contributed by atoms with Crippen LogP contribution in [0.4, 0.5) is 4.39 Å². The summed E-state index contributed by atoms with van der Waals surface area (Å²) in [5, 5.41) is 11.3. The van der Waals surface area contributed by atoms with E-state index in [9.17, 15) is 4.39 Å². The summed E-state index contributed by atoms with van der Waals surface area (Å²) in [5.41, 5.74) is 1.49. The number of nitrogens with one attached hydrogen (secondary N) is 1. The smallest absolute Gasteiger partial charge is 0.142 e. The van der Waals surface area contributed by atoms with Crippen LogP contribution in [-0.4, -0.2) is 35.3 Å². The highest BCUT2D eigenvalue weighted by Gasteiger charge is 2.07. The minimum Gasteiger partial charge on any atom is -0.383 e. The molecule has 0 fully saturated rings. The first-order valence-electron chi connectivity index (χ1n) is 6.22. The van der Waals surface area contributed by atoms with Crippen molar-refractivity contribution in [2.24, 2.45) is 0 Å². The molecule has 0 radical (unpaired) electrons. The van der Waals surface area contributed by atoms with Crippen LogP contribution in [0, 0.1) is 5.82 Å². The summed E-state index contributed by atoms with van der Waals surface area (Å²) in [7, 11) is 1.65. The highest BCUT2D eigenvalue weighted by atomic mass is 35.5. The number of hydrogen-bond acceptors (Lipinski definition) is 4. The van der Waals surface area contributed by atoms with E-state index in [1.54, 1.807) is 30.1 Å². The topological polar surface area (TPSA) is 52.0 Å². The molecule has 0 aliphatic rings. The molecule has 1 aromatic heterocycles. The lowest BCUT2D eigenvalue weighted by molar-refractivity contribution is 0.199. The predicted molar refractivity (Wildman–Crippen MR) is 74.1 cm³/mol. The van der Waals surface area contributed by atoms with Gasteiger partial charge in [0.1, 0.15) is 5.82 Å². The standard InChI is InChI=1S/C13H16ClFN4O/c1-20-6-5-16-7-11-9-19(18-17-11)8-10-3-2-4-12(15)13(10)14/h2-4,9,16H,5-8H2,1H3. The molecule has 0 spiro atoms. The van der Waals surface area contributed by atoms with Crippen LogP contribution in [0.5, 0.6) is 0 Å². The molecular formula is C13H16ClFN4O. The second kappa shape index (κ2) is 7.33. The van der Waals surface area contributed by atoms with Gasteiger partial charge in [0.25, 0.3) is 0 Å². The van der Waals surface area contributed by atoms with Crippen molar-refractivity contribution in [3.63, 3.8) is 0 Å². The Kier molecular flexibility index (Phi) is 5.46. The Labute approximate surface area is 121 Å². The molecular weight excluding hydrogens is 283 g/mol. The van der Waals surface area contributed by atoms with Gasteiger partial charge in [0.2, 0.25) is 0 Å². The minimum atomic E-state index is -0.425. The number of nitrogens with zero attached hydrogens (tertiary/aromatic N) is 3. The maximum Gasteiger partial charge on any atom is 0.142 e. The molecule has 1 heterocycles. The van der Waals surface area contributed by atoms with Crippen molar-refractivity contribution in [3.8, 4) is 0 Å². The lowest BCUT2D eigenvalue weighted by Crippen LogP contribution is -2.18. The third kappa shape index (κ3) is 4.00. The van der Waals surface area contributed by atoms with Crippen LogP contribution in [0.1, 0.15) is 11.3 Å². The lowest BCUT2D eigenvalue weighted by atomic mass is 10.2. The van der Waals surface area contributed by atoms with E-state index in [0.717, 1.165) is 12.2 Å². The molecule has 0 bridgehead atoms. The van der Waals surface area contributed by atoms with Crippen molar-refractivity contribution >= 4 is 11.6 Å². The molecule has 5 nitrogen and oxygen atoms in total. The SMILES string of the molecule is COCCNCc1cn(Cc2cccc(F)c2Cl)nn1. The van der Waals surface area contributed by atoms with Crippen LogP contribution < -0.4 is 5.32 Å². The second-order valence-corrected chi connectivity index (χ2v) is 4.67. The Hall–Kier alpha value is -1.50. The van der Waals surface area contributed by atoms with E-state index in [1.165, 1.54) is 6.07 Å². The van der Waals surface area contributed by atoms with Crippen LogP contribution in [0.2, 0.25) is 5.02 Å². The fourth-order valence-electron chi connectivity index (χ4n) is 1.73. The van der Waals surface area contributed by atoms with Crippen molar-refractivity contribution in [1.29, 1.82) is 0 Å². The Bertz CT molecular complexity index is 561. The average Bonchev–Trinajstić information content (AvgIpc) is 2.88. The van der Waals surface area contributed by atoms with Crippen LogP contribution in [-0.2, 0) is 17.8 Å². The fraction of sp³-hybridized carbons (Fsp3) is 0.385. The summed E-state index contributed by atoms with van der Waals surface area (Å²) in [5.74, 6) is -0.425. The second-order valence-electron chi connectivity index (χ2n) is 4.29. The summed E-state index contributed by atoms with van der Waals surface area (Å²) in [6.07, 6.45) is 1.81. The molecule has 0 amide bonds. The van der Waals surface area contributed by atoms with Gasteiger partial charge in [-0.05, 0) is 11.6 Å². The van der Waals surface area contributed by atoms with E-state index in [0.29, 0.717) is 25.3 Å². The Balaban J connectivity index is 1.94. The van der Waals surface area contributed by atoms with Crippen LogP contribution >= 0.6 is 11.6 Å². The van der Waals surface area contributed by atoms with Gasteiger partial charge in [-0.2, -0.15) is 0 Å². The van der Waals surface area contributed by atoms with Gasteiger partial charge in [0.15, 0.2) is 0 Å². The summed E-state index contributed by atoms with van der Waals surface area (Å²) < 4.78 is 19.9. The Morgan fingerprint density at radius 3 is 3.10 bits per heavy atom. The predicted octanol–water partition coefficient (Wildman–Crippen LogP) is 1.85. The van der Waals surface area contributed by atoms with E-state index in [1.807, 2.05) is 0 Å². The first-order chi connectivity index (χ1) is 9.70. The molecule has 0 saturated carbocycles. The average molecular weight is 299 g/mol. The van der Waals surface area contributed by atoms with Crippen molar-refractivity contribution in [3.05, 3.63) is 46.5 Å². The number of hydrogen-bond donors (Lipinski definition) is 1. The summed E-state index contributed by atoms with van der Waals surface area (Å²) in [6.45, 7) is 2.40. The molecule has 0 aliphatic carbocycles. The lowest BCUT2D eigenvalue weighted by Gasteiger charge is -2.04. The Morgan fingerprint density at radius 2 is 2.30 bits per heavy atom. The monoisotopic (exact) mass is 298 g/mol. The van der Waals surface area contributed by atoms with E-state index < -0.39 is 5.82 Å². The molecule has 1 N–H and O–H groups in total. The summed E-state index contributed by atoms with van der Waals surface area (Å²) in [4.78, 5) is 0. The highest BCUT2D eigenvalue weighted by molar-refractivity contribution is 6.31. The first kappa shape index (κ1) is 14.9. The van der Waals surface area contributed by atoms with Gasteiger partial charge >= 0.3 is 0 Å². The summed E-state index contributed by atoms with van der Waals surface area (Å²) >= 11 is 5.91. The van der Waals surface area contributed by atoms with Gasteiger partial charge in [-0.3, -0.25) is 0 Å². The molecule has 0 atom stereocenters. The Morgan fingerprint density at radius 1 is 1.45 bits per heavy atom. The molecule has 0 saturated heterocycles. The fourth-order valence-corrected chi connectivity index (χ4v) is 1.92. The zero-order valence-electron chi connectivity index (χ0n) is 11.1. The third-order valence-electron chi connectivity index (χ3n) is 2.74. The number of aromatic nitrogens is 3. The van der Waals surface area contributed by atoms with Crippen molar-refractivity contribution in [1.82, 2.24) is 20.3 Å². The molecule has 7 heteroatoms. The third-order valence-corrected chi connectivity index (χ3v) is 3.16. The van der Waals surface area contributed by atoms with Gasteiger partial charge in [-0.15, -0.1) is 5.10 Å². The quantitative estimate of drug-likeness (QED) is 0.793. The van der Waals surface area contributed by atoms with Gasteiger partial charge in [-0.25, -0.2) is 9.07 Å². The van der Waals surface area contributed by atoms with E-state index in [2.05, 4.69) is 15.6 Å². The van der Waals surface area contributed by atoms with Gasteiger partial charge < -0.3 is 10.1 Å².